The molecule has 0 heterocycles. The van der Waals surface area contributed by atoms with Crippen LogP contribution in [0.3, 0.4) is 0 Å². The van der Waals surface area contributed by atoms with Gasteiger partial charge < -0.3 is 9.84 Å². The smallest absolute Gasteiger partial charge is 0.150 e. The molecule has 1 unspecified atom stereocenters. The molecule has 0 aromatic heterocycles. The summed E-state index contributed by atoms with van der Waals surface area (Å²) in [6, 6.07) is 5.38. The maximum Gasteiger partial charge on any atom is 0.150 e. The Morgan fingerprint density at radius 3 is 2.59 bits per heavy atom. The molecule has 0 aliphatic carbocycles. The minimum atomic E-state index is -3.15. The molecule has 0 saturated heterocycles. The summed E-state index contributed by atoms with van der Waals surface area (Å²) in [5.41, 5.74) is 0.855. The van der Waals surface area contributed by atoms with Crippen LogP contribution < -0.4 is 4.74 Å². The minimum Gasteiger partial charge on any atom is -0.496 e. The van der Waals surface area contributed by atoms with Crippen LogP contribution in [-0.4, -0.2) is 38.7 Å². The number of halogens is 1. The zero-order valence-corrected chi connectivity index (χ0v) is 12.1. The Kier molecular flexibility index (Phi) is 4.97. The van der Waals surface area contributed by atoms with Crippen LogP contribution in [0.25, 0.3) is 0 Å². The predicted molar refractivity (Wildman–Crippen MR) is 70.1 cm³/mol. The third kappa shape index (κ3) is 5.06. The van der Waals surface area contributed by atoms with E-state index in [0.717, 1.165) is 16.3 Å². The van der Waals surface area contributed by atoms with Gasteiger partial charge in [0.15, 0.2) is 0 Å². The first-order valence-electron chi connectivity index (χ1n) is 5.00. The number of hydrogen-bond acceptors (Lipinski definition) is 4. The molecule has 0 bridgehead atoms. The van der Waals surface area contributed by atoms with Crippen LogP contribution in [0.1, 0.15) is 5.56 Å². The first-order chi connectivity index (χ1) is 7.81. The van der Waals surface area contributed by atoms with Crippen molar-refractivity contribution in [1.29, 1.82) is 0 Å². The van der Waals surface area contributed by atoms with Crippen LogP contribution in [0.5, 0.6) is 5.75 Å². The van der Waals surface area contributed by atoms with Gasteiger partial charge in [0.2, 0.25) is 0 Å². The van der Waals surface area contributed by atoms with Crippen LogP contribution in [0, 0.1) is 0 Å². The lowest BCUT2D eigenvalue weighted by atomic mass is 10.1. The first-order valence-corrected chi connectivity index (χ1v) is 7.85. The molecular formula is C11H15BrO4S. The average molecular weight is 323 g/mol. The molecule has 96 valence electrons. The molecule has 0 fully saturated rings. The van der Waals surface area contributed by atoms with E-state index in [1.165, 1.54) is 0 Å². The number of rotatable bonds is 5. The molecule has 0 spiro atoms. The number of sulfone groups is 1. The van der Waals surface area contributed by atoms with Crippen LogP contribution in [-0.2, 0) is 16.3 Å². The van der Waals surface area contributed by atoms with Gasteiger partial charge in [-0.1, -0.05) is 6.07 Å². The molecule has 17 heavy (non-hydrogen) atoms. The number of methoxy groups -OCH3 is 1. The van der Waals surface area contributed by atoms with E-state index in [0.29, 0.717) is 12.2 Å². The van der Waals surface area contributed by atoms with Gasteiger partial charge in [0.1, 0.15) is 15.6 Å². The third-order valence-corrected chi connectivity index (χ3v) is 3.79. The van der Waals surface area contributed by atoms with Crippen molar-refractivity contribution in [1.82, 2.24) is 0 Å². The van der Waals surface area contributed by atoms with Crippen molar-refractivity contribution in [3.8, 4) is 5.75 Å². The highest BCUT2D eigenvalue weighted by atomic mass is 79.9. The standard InChI is InChI=1S/C11H15BrO4S/c1-16-11-4-3-8(6-10(11)12)5-9(13)7-17(2,14)15/h3-4,6,9,13H,5,7H2,1-2H3. The Hall–Kier alpha value is -0.590. The van der Waals surface area contributed by atoms with Crippen LogP contribution in [0.4, 0.5) is 0 Å². The maximum atomic E-state index is 11.0. The van der Waals surface area contributed by atoms with Crippen molar-refractivity contribution in [3.05, 3.63) is 28.2 Å². The SMILES string of the molecule is COc1ccc(CC(O)CS(C)(=O)=O)cc1Br. The first kappa shape index (κ1) is 14.5. The highest BCUT2D eigenvalue weighted by Crippen LogP contribution is 2.26. The molecule has 0 amide bonds. The van der Waals surface area contributed by atoms with E-state index in [9.17, 15) is 13.5 Å². The molecule has 0 saturated carbocycles. The zero-order valence-electron chi connectivity index (χ0n) is 9.68. The minimum absolute atomic E-state index is 0.226. The van der Waals surface area contributed by atoms with Gasteiger partial charge in [-0.15, -0.1) is 0 Å². The lowest BCUT2D eigenvalue weighted by Gasteiger charge is -2.10. The van der Waals surface area contributed by atoms with E-state index in [1.54, 1.807) is 19.2 Å². The molecule has 1 aromatic carbocycles. The summed E-state index contributed by atoms with van der Waals surface area (Å²) in [5, 5.41) is 9.63. The van der Waals surface area contributed by atoms with Crippen LogP contribution in [0.15, 0.2) is 22.7 Å². The van der Waals surface area contributed by atoms with Crippen molar-refractivity contribution in [3.63, 3.8) is 0 Å². The maximum absolute atomic E-state index is 11.0. The normalized spacial score (nSPS) is 13.4. The largest absolute Gasteiger partial charge is 0.496 e. The topological polar surface area (TPSA) is 63.6 Å². The number of ether oxygens (including phenoxy) is 1. The monoisotopic (exact) mass is 322 g/mol. The van der Waals surface area contributed by atoms with E-state index in [1.807, 2.05) is 6.07 Å². The molecular weight excluding hydrogens is 308 g/mol. The Morgan fingerprint density at radius 2 is 2.12 bits per heavy atom. The van der Waals surface area contributed by atoms with E-state index in [4.69, 9.17) is 4.74 Å². The molecule has 4 nitrogen and oxygen atoms in total. The molecule has 1 atom stereocenters. The van der Waals surface area contributed by atoms with Crippen molar-refractivity contribution < 1.29 is 18.3 Å². The third-order valence-electron chi connectivity index (χ3n) is 2.18. The second-order valence-electron chi connectivity index (χ2n) is 3.92. The van der Waals surface area contributed by atoms with Gasteiger partial charge in [0.25, 0.3) is 0 Å². The van der Waals surface area contributed by atoms with Crippen molar-refractivity contribution in [2.45, 2.75) is 12.5 Å². The number of hydrogen-bond donors (Lipinski definition) is 1. The molecule has 0 aliphatic rings. The highest BCUT2D eigenvalue weighted by Gasteiger charge is 2.13. The molecule has 1 aromatic rings. The second kappa shape index (κ2) is 5.84. The molecule has 1 rings (SSSR count). The number of benzene rings is 1. The molecule has 0 radical (unpaired) electrons. The fourth-order valence-electron chi connectivity index (χ4n) is 1.52. The molecule has 0 aliphatic heterocycles. The van der Waals surface area contributed by atoms with Crippen LogP contribution in [0.2, 0.25) is 0 Å². The van der Waals surface area contributed by atoms with E-state index in [-0.39, 0.29) is 5.75 Å². The Morgan fingerprint density at radius 1 is 1.47 bits per heavy atom. The predicted octanol–water partition coefficient (Wildman–Crippen LogP) is 1.41. The fourth-order valence-corrected chi connectivity index (χ4v) is 2.92. The van der Waals surface area contributed by atoms with Gasteiger partial charge in [-0.3, -0.25) is 0 Å². The molecule has 1 N–H and O–H groups in total. The summed E-state index contributed by atoms with van der Waals surface area (Å²) < 4.78 is 27.9. The van der Waals surface area contributed by atoms with E-state index < -0.39 is 15.9 Å². The second-order valence-corrected chi connectivity index (χ2v) is 6.96. The fraction of sp³-hybridized carbons (Fsp3) is 0.455. The highest BCUT2D eigenvalue weighted by molar-refractivity contribution is 9.10. The summed E-state index contributed by atoms with van der Waals surface area (Å²) in [7, 11) is -1.59. The van der Waals surface area contributed by atoms with Gasteiger partial charge in [-0.25, -0.2) is 8.42 Å². The van der Waals surface area contributed by atoms with Crippen LogP contribution >= 0.6 is 15.9 Å². The average Bonchev–Trinajstić information content (AvgIpc) is 2.14. The Balaban J connectivity index is 2.72. The molecule has 6 heteroatoms. The Labute approximate surface area is 110 Å². The van der Waals surface area contributed by atoms with Gasteiger partial charge in [0, 0.05) is 6.26 Å². The van der Waals surface area contributed by atoms with E-state index in [2.05, 4.69) is 15.9 Å². The summed E-state index contributed by atoms with van der Waals surface area (Å²) >= 11 is 3.33. The van der Waals surface area contributed by atoms with Gasteiger partial charge in [0.05, 0.1) is 23.4 Å². The summed E-state index contributed by atoms with van der Waals surface area (Å²) in [6.45, 7) is 0. The van der Waals surface area contributed by atoms with Crippen molar-refractivity contribution >= 4 is 25.8 Å². The van der Waals surface area contributed by atoms with E-state index >= 15 is 0 Å². The van der Waals surface area contributed by atoms with Gasteiger partial charge in [-0.05, 0) is 40.0 Å². The lowest BCUT2D eigenvalue weighted by Crippen LogP contribution is -2.22. The number of aliphatic hydroxyl groups is 1. The van der Waals surface area contributed by atoms with Crippen molar-refractivity contribution in [2.24, 2.45) is 0 Å². The zero-order chi connectivity index (χ0) is 13.1. The number of aliphatic hydroxyl groups excluding tert-OH is 1. The summed E-state index contributed by atoms with van der Waals surface area (Å²) in [6.07, 6.45) is 0.529. The van der Waals surface area contributed by atoms with Gasteiger partial charge >= 0.3 is 0 Å². The quantitative estimate of drug-likeness (QED) is 0.890. The van der Waals surface area contributed by atoms with Crippen molar-refractivity contribution in [2.75, 3.05) is 19.1 Å². The van der Waals surface area contributed by atoms with Gasteiger partial charge in [-0.2, -0.15) is 0 Å². The lowest BCUT2D eigenvalue weighted by molar-refractivity contribution is 0.198. The Bertz CT molecular complexity index is 484. The summed E-state index contributed by atoms with van der Waals surface area (Å²) in [4.78, 5) is 0. The summed E-state index contributed by atoms with van der Waals surface area (Å²) in [5.74, 6) is 0.475.